The third-order valence-corrected chi connectivity index (χ3v) is 5.77. The zero-order chi connectivity index (χ0) is 14.2. The molecule has 3 heterocycles. The van der Waals surface area contributed by atoms with Gasteiger partial charge in [0.05, 0.1) is 0 Å². The molecule has 1 aliphatic heterocycles. The number of piperidine rings is 1. The van der Waals surface area contributed by atoms with E-state index in [4.69, 9.17) is 0 Å². The maximum atomic E-state index is 4.29. The minimum absolute atomic E-state index is 0.472. The topological polar surface area (TPSA) is 66.8 Å². The van der Waals surface area contributed by atoms with E-state index in [1.54, 1.807) is 23.7 Å². The standard InChI is InChI=1S/C13H15BrN6S/c14-11-18-19-13(21-11)20-6-8-2-3-9(7-20)10(8)17-12-15-4-1-5-16-12/h1,4-5,8-10H,2-3,6-7H2,(H,15,16,17)/t8-,9+,10-. The molecular formula is C13H15BrN6S. The first kappa shape index (κ1) is 13.4. The molecule has 2 fully saturated rings. The molecule has 0 radical (unpaired) electrons. The predicted molar refractivity (Wildman–Crippen MR) is 85.5 cm³/mol. The number of anilines is 2. The average molecular weight is 367 g/mol. The van der Waals surface area contributed by atoms with E-state index in [-0.39, 0.29) is 0 Å². The number of fused-ring (bicyclic) bond motifs is 2. The number of hydrogen-bond donors (Lipinski definition) is 1. The summed E-state index contributed by atoms with van der Waals surface area (Å²) in [5.74, 6) is 1.98. The second kappa shape index (κ2) is 5.49. The van der Waals surface area contributed by atoms with Crippen molar-refractivity contribution in [2.75, 3.05) is 23.3 Å². The third kappa shape index (κ3) is 2.62. The summed E-state index contributed by atoms with van der Waals surface area (Å²) in [5.41, 5.74) is 0. The van der Waals surface area contributed by atoms with Gasteiger partial charge in [0.2, 0.25) is 11.1 Å². The fourth-order valence-corrected chi connectivity index (χ4v) is 4.57. The summed E-state index contributed by atoms with van der Waals surface area (Å²) in [6.07, 6.45) is 6.08. The highest BCUT2D eigenvalue weighted by Crippen LogP contribution is 2.40. The largest absolute Gasteiger partial charge is 0.351 e. The number of halogens is 1. The lowest BCUT2D eigenvalue weighted by Crippen LogP contribution is -2.48. The normalized spacial score (nSPS) is 27.9. The summed E-state index contributed by atoms with van der Waals surface area (Å²) in [5, 5.41) is 12.9. The highest BCUT2D eigenvalue weighted by molar-refractivity contribution is 9.11. The highest BCUT2D eigenvalue weighted by Gasteiger charge is 2.43. The Bertz CT molecular complexity index is 606. The van der Waals surface area contributed by atoms with Crippen LogP contribution in [0, 0.1) is 11.8 Å². The molecule has 2 aromatic rings. The van der Waals surface area contributed by atoms with Crippen LogP contribution in [-0.4, -0.2) is 39.3 Å². The molecule has 3 atom stereocenters. The van der Waals surface area contributed by atoms with Crippen molar-refractivity contribution < 1.29 is 0 Å². The number of nitrogens with one attached hydrogen (secondary N) is 1. The molecule has 2 aliphatic rings. The Hall–Kier alpha value is -1.28. The van der Waals surface area contributed by atoms with Crippen LogP contribution in [0.1, 0.15) is 12.8 Å². The van der Waals surface area contributed by atoms with E-state index < -0.39 is 0 Å². The molecule has 2 aromatic heterocycles. The smallest absolute Gasteiger partial charge is 0.222 e. The van der Waals surface area contributed by atoms with Crippen molar-refractivity contribution >= 4 is 38.3 Å². The minimum Gasteiger partial charge on any atom is -0.351 e. The molecule has 2 bridgehead atoms. The Morgan fingerprint density at radius 1 is 1.14 bits per heavy atom. The second-order valence-electron chi connectivity index (χ2n) is 5.58. The first-order valence-corrected chi connectivity index (χ1v) is 8.68. The maximum Gasteiger partial charge on any atom is 0.222 e. The third-order valence-electron chi connectivity index (χ3n) is 4.36. The van der Waals surface area contributed by atoms with Crippen molar-refractivity contribution in [1.82, 2.24) is 20.2 Å². The molecule has 6 nitrogen and oxygen atoms in total. The molecular weight excluding hydrogens is 352 g/mol. The SMILES string of the molecule is Brc1nnc(N2C[C@H]3CC[C@@H](C2)[C@@H]3Nc2ncccn2)s1. The minimum atomic E-state index is 0.472. The Morgan fingerprint density at radius 2 is 1.86 bits per heavy atom. The molecule has 1 N–H and O–H groups in total. The number of nitrogens with zero attached hydrogens (tertiary/aromatic N) is 5. The van der Waals surface area contributed by atoms with Gasteiger partial charge >= 0.3 is 0 Å². The van der Waals surface area contributed by atoms with E-state index in [9.17, 15) is 0 Å². The van der Waals surface area contributed by atoms with Gasteiger partial charge < -0.3 is 10.2 Å². The molecule has 1 saturated carbocycles. The summed E-state index contributed by atoms with van der Waals surface area (Å²) in [7, 11) is 0. The van der Waals surface area contributed by atoms with Gasteiger partial charge in [-0.2, -0.15) is 0 Å². The van der Waals surface area contributed by atoms with Crippen molar-refractivity contribution in [2.45, 2.75) is 18.9 Å². The summed E-state index contributed by atoms with van der Waals surface area (Å²) >= 11 is 5.00. The van der Waals surface area contributed by atoms with E-state index in [0.717, 1.165) is 28.1 Å². The van der Waals surface area contributed by atoms with Crippen molar-refractivity contribution in [3.05, 3.63) is 22.4 Å². The molecule has 4 rings (SSSR count). The van der Waals surface area contributed by atoms with Gasteiger partial charge in [-0.25, -0.2) is 9.97 Å². The van der Waals surface area contributed by atoms with E-state index in [0.29, 0.717) is 17.9 Å². The Kier molecular flexibility index (Phi) is 3.50. The quantitative estimate of drug-likeness (QED) is 0.899. The van der Waals surface area contributed by atoms with Crippen molar-refractivity contribution in [3.8, 4) is 0 Å². The van der Waals surface area contributed by atoms with Crippen molar-refractivity contribution in [2.24, 2.45) is 11.8 Å². The molecule has 8 heteroatoms. The van der Waals surface area contributed by atoms with Crippen LogP contribution >= 0.6 is 27.3 Å². The van der Waals surface area contributed by atoms with Crippen molar-refractivity contribution in [3.63, 3.8) is 0 Å². The molecule has 1 saturated heterocycles. The summed E-state index contributed by atoms with van der Waals surface area (Å²) in [4.78, 5) is 10.9. The van der Waals surface area contributed by atoms with Gasteiger partial charge in [-0.1, -0.05) is 11.3 Å². The Morgan fingerprint density at radius 3 is 2.48 bits per heavy atom. The first-order valence-electron chi connectivity index (χ1n) is 7.07. The molecule has 110 valence electrons. The van der Waals surface area contributed by atoms with Gasteiger partial charge in [-0.05, 0) is 46.7 Å². The van der Waals surface area contributed by atoms with Crippen molar-refractivity contribution in [1.29, 1.82) is 0 Å². The van der Waals surface area contributed by atoms with E-state index in [1.807, 2.05) is 6.07 Å². The zero-order valence-electron chi connectivity index (χ0n) is 11.3. The summed E-state index contributed by atoms with van der Waals surface area (Å²) < 4.78 is 0.850. The van der Waals surface area contributed by atoms with Crippen LogP contribution in [0.15, 0.2) is 22.4 Å². The number of aromatic nitrogens is 4. The predicted octanol–water partition coefficient (Wildman–Crippen LogP) is 2.42. The fraction of sp³-hybridized carbons (Fsp3) is 0.538. The van der Waals surface area contributed by atoms with Gasteiger partial charge in [0.25, 0.3) is 0 Å². The van der Waals surface area contributed by atoms with Crippen LogP contribution in [0.5, 0.6) is 0 Å². The van der Waals surface area contributed by atoms with E-state index >= 15 is 0 Å². The summed E-state index contributed by atoms with van der Waals surface area (Å²) in [6, 6.07) is 2.32. The van der Waals surface area contributed by atoms with Gasteiger partial charge in [-0.15, -0.1) is 10.2 Å². The molecule has 0 unspecified atom stereocenters. The van der Waals surface area contributed by atoms with Gasteiger partial charge in [0.1, 0.15) is 0 Å². The maximum absolute atomic E-state index is 4.29. The lowest BCUT2D eigenvalue weighted by Gasteiger charge is -2.38. The Labute approximate surface area is 135 Å². The van der Waals surface area contributed by atoms with Crippen LogP contribution in [0.25, 0.3) is 0 Å². The van der Waals surface area contributed by atoms with E-state index in [2.05, 4.69) is 46.3 Å². The second-order valence-corrected chi connectivity index (χ2v) is 7.81. The number of rotatable bonds is 3. The zero-order valence-corrected chi connectivity index (χ0v) is 13.7. The average Bonchev–Trinajstić information content (AvgIpc) is 3.01. The van der Waals surface area contributed by atoms with Crippen LogP contribution in [0.4, 0.5) is 11.1 Å². The number of hydrogen-bond acceptors (Lipinski definition) is 7. The molecule has 0 aromatic carbocycles. The molecule has 0 amide bonds. The van der Waals surface area contributed by atoms with E-state index in [1.165, 1.54) is 12.8 Å². The lowest BCUT2D eigenvalue weighted by molar-refractivity contribution is 0.376. The van der Waals surface area contributed by atoms with Crippen LogP contribution in [0.3, 0.4) is 0 Å². The van der Waals surface area contributed by atoms with Gasteiger partial charge in [0.15, 0.2) is 3.92 Å². The molecule has 1 aliphatic carbocycles. The van der Waals surface area contributed by atoms with Crippen LogP contribution < -0.4 is 10.2 Å². The van der Waals surface area contributed by atoms with Crippen LogP contribution in [0.2, 0.25) is 0 Å². The van der Waals surface area contributed by atoms with Gasteiger partial charge in [-0.3, -0.25) is 0 Å². The lowest BCUT2D eigenvalue weighted by atomic mass is 9.92. The van der Waals surface area contributed by atoms with Gasteiger partial charge in [0, 0.05) is 31.5 Å². The molecule has 21 heavy (non-hydrogen) atoms. The van der Waals surface area contributed by atoms with Crippen LogP contribution in [-0.2, 0) is 0 Å². The first-order chi connectivity index (χ1) is 10.3. The molecule has 0 spiro atoms. The highest BCUT2D eigenvalue weighted by atomic mass is 79.9. The fourth-order valence-electron chi connectivity index (χ4n) is 3.46. The summed E-state index contributed by atoms with van der Waals surface area (Å²) in [6.45, 7) is 2.06. The Balaban J connectivity index is 1.49. The monoisotopic (exact) mass is 366 g/mol.